The lowest BCUT2D eigenvalue weighted by atomic mass is 10.1. The summed E-state index contributed by atoms with van der Waals surface area (Å²) in [6.45, 7) is 4.04. The number of aryl methyl sites for hydroxylation is 2. The summed E-state index contributed by atoms with van der Waals surface area (Å²) in [4.78, 5) is 19.4. The van der Waals surface area contributed by atoms with Crippen LogP contribution in [0.5, 0.6) is 0 Å². The molecule has 2 aromatic rings. The first-order valence-corrected chi connectivity index (χ1v) is 6.74. The third kappa shape index (κ3) is 3.14. The second-order valence-electron chi connectivity index (χ2n) is 4.33. The quantitative estimate of drug-likeness (QED) is 0.871. The Balaban J connectivity index is 2.20. The molecule has 0 aliphatic rings. The molecule has 1 aromatic heterocycles. The largest absolute Gasteiger partial charge is 0.464 e. The van der Waals surface area contributed by atoms with E-state index in [-0.39, 0.29) is 5.69 Å². The fraction of sp³-hybridized carbons (Fsp3) is 0.214. The fourth-order valence-electron chi connectivity index (χ4n) is 1.77. The molecule has 1 aromatic carbocycles. The predicted molar refractivity (Wildman–Crippen MR) is 80.3 cm³/mol. The normalized spacial score (nSPS) is 10.2. The number of halogens is 1. The van der Waals surface area contributed by atoms with Crippen LogP contribution in [0.2, 0.25) is 0 Å². The van der Waals surface area contributed by atoms with Crippen LogP contribution in [-0.4, -0.2) is 23.0 Å². The number of benzene rings is 1. The van der Waals surface area contributed by atoms with Crippen molar-refractivity contribution in [2.24, 2.45) is 0 Å². The maximum absolute atomic E-state index is 11.3. The molecule has 0 aliphatic heterocycles. The second kappa shape index (κ2) is 6.00. The summed E-state index contributed by atoms with van der Waals surface area (Å²) in [6, 6.07) is 4.01. The average Bonchev–Trinajstić information content (AvgIpc) is 2.44. The molecule has 104 valence electrons. The van der Waals surface area contributed by atoms with Crippen LogP contribution in [-0.2, 0) is 4.74 Å². The summed E-state index contributed by atoms with van der Waals surface area (Å²) in [5.74, 6) is 0.0677. The number of aromatic nitrogens is 2. The summed E-state index contributed by atoms with van der Waals surface area (Å²) in [5.41, 5.74) is 3.36. The van der Waals surface area contributed by atoms with E-state index in [2.05, 4.69) is 36.0 Å². The molecule has 0 aliphatic carbocycles. The summed E-state index contributed by atoms with van der Waals surface area (Å²) in [7, 11) is 1.31. The van der Waals surface area contributed by atoms with Gasteiger partial charge in [-0.15, -0.1) is 0 Å². The Hall–Kier alpha value is -1.95. The molecule has 0 bridgehead atoms. The van der Waals surface area contributed by atoms with Crippen LogP contribution in [0.1, 0.15) is 21.6 Å². The van der Waals surface area contributed by atoms with Crippen LogP contribution in [0.4, 0.5) is 11.5 Å². The number of anilines is 2. The number of methoxy groups -OCH3 is 1. The van der Waals surface area contributed by atoms with Crippen molar-refractivity contribution in [2.75, 3.05) is 12.4 Å². The van der Waals surface area contributed by atoms with Gasteiger partial charge in [0.15, 0.2) is 5.69 Å². The first-order valence-electron chi connectivity index (χ1n) is 5.95. The topological polar surface area (TPSA) is 64.1 Å². The molecule has 6 heteroatoms. The number of hydrogen-bond donors (Lipinski definition) is 1. The van der Waals surface area contributed by atoms with E-state index in [1.807, 2.05) is 26.0 Å². The Kier molecular flexibility index (Phi) is 4.34. The minimum Gasteiger partial charge on any atom is -0.464 e. The lowest BCUT2D eigenvalue weighted by molar-refractivity contribution is 0.0593. The van der Waals surface area contributed by atoms with Gasteiger partial charge in [-0.1, -0.05) is 15.9 Å². The Bertz CT molecular complexity index is 618. The Labute approximate surface area is 125 Å². The minimum absolute atomic E-state index is 0.182. The Morgan fingerprint density at radius 1 is 1.20 bits per heavy atom. The van der Waals surface area contributed by atoms with Gasteiger partial charge in [0.1, 0.15) is 5.82 Å². The zero-order chi connectivity index (χ0) is 14.7. The maximum Gasteiger partial charge on any atom is 0.358 e. The van der Waals surface area contributed by atoms with Gasteiger partial charge in [-0.25, -0.2) is 14.8 Å². The van der Waals surface area contributed by atoms with Gasteiger partial charge < -0.3 is 10.1 Å². The second-order valence-corrected chi connectivity index (χ2v) is 5.12. The van der Waals surface area contributed by atoms with Gasteiger partial charge in [0.05, 0.1) is 19.5 Å². The van der Waals surface area contributed by atoms with Crippen LogP contribution >= 0.6 is 15.9 Å². The number of ether oxygens (including phenoxy) is 1. The highest BCUT2D eigenvalue weighted by Gasteiger charge is 2.08. The number of esters is 1. The van der Waals surface area contributed by atoms with Crippen molar-refractivity contribution < 1.29 is 9.53 Å². The van der Waals surface area contributed by atoms with Crippen molar-refractivity contribution in [1.29, 1.82) is 0 Å². The molecular formula is C14H14BrN3O2. The zero-order valence-electron chi connectivity index (χ0n) is 11.4. The first-order chi connectivity index (χ1) is 9.51. The van der Waals surface area contributed by atoms with Gasteiger partial charge in [0.2, 0.25) is 0 Å². The number of nitrogens with one attached hydrogen (secondary N) is 1. The lowest BCUT2D eigenvalue weighted by Crippen LogP contribution is -2.05. The van der Waals surface area contributed by atoms with E-state index in [9.17, 15) is 4.79 Å². The summed E-state index contributed by atoms with van der Waals surface area (Å²) in [6.07, 6.45) is 2.88. The van der Waals surface area contributed by atoms with Crippen LogP contribution in [0, 0.1) is 13.8 Å². The van der Waals surface area contributed by atoms with Crippen molar-refractivity contribution in [1.82, 2.24) is 9.97 Å². The molecule has 1 N–H and O–H groups in total. The molecule has 0 saturated heterocycles. The van der Waals surface area contributed by atoms with Crippen LogP contribution in [0.25, 0.3) is 0 Å². The minimum atomic E-state index is -0.501. The van der Waals surface area contributed by atoms with E-state index in [0.29, 0.717) is 5.82 Å². The first kappa shape index (κ1) is 14.5. The van der Waals surface area contributed by atoms with E-state index in [1.165, 1.54) is 19.5 Å². The highest BCUT2D eigenvalue weighted by atomic mass is 79.9. The molecule has 0 radical (unpaired) electrons. The summed E-state index contributed by atoms with van der Waals surface area (Å²) < 4.78 is 5.66. The molecule has 0 spiro atoms. The Morgan fingerprint density at radius 2 is 1.85 bits per heavy atom. The van der Waals surface area contributed by atoms with Gasteiger partial charge in [0, 0.05) is 10.2 Å². The third-order valence-corrected chi connectivity index (χ3v) is 4.01. The standard InChI is InChI=1S/C14H14BrN3O2/c1-8-4-10(5-9(2)13(8)15)18-12-7-16-11(6-17-12)14(19)20-3/h4-7H,1-3H3,(H,17,18). The van der Waals surface area contributed by atoms with Crippen molar-refractivity contribution in [3.05, 3.63) is 45.8 Å². The van der Waals surface area contributed by atoms with Crippen molar-refractivity contribution >= 4 is 33.4 Å². The zero-order valence-corrected chi connectivity index (χ0v) is 13.0. The van der Waals surface area contributed by atoms with E-state index >= 15 is 0 Å². The van der Waals surface area contributed by atoms with Crippen LogP contribution < -0.4 is 5.32 Å². The number of carbonyl (C=O) groups is 1. The molecule has 0 atom stereocenters. The summed E-state index contributed by atoms with van der Waals surface area (Å²) in [5, 5.41) is 3.15. The number of hydrogen-bond acceptors (Lipinski definition) is 5. The van der Waals surface area contributed by atoms with Crippen molar-refractivity contribution in [3.63, 3.8) is 0 Å². The number of carbonyl (C=O) groups excluding carboxylic acids is 1. The third-order valence-electron chi connectivity index (χ3n) is 2.76. The van der Waals surface area contributed by atoms with Gasteiger partial charge in [0.25, 0.3) is 0 Å². The highest BCUT2D eigenvalue weighted by Crippen LogP contribution is 2.26. The molecule has 20 heavy (non-hydrogen) atoms. The molecule has 1 heterocycles. The maximum atomic E-state index is 11.3. The van der Waals surface area contributed by atoms with E-state index in [1.54, 1.807) is 0 Å². The number of rotatable bonds is 3. The van der Waals surface area contributed by atoms with Gasteiger partial charge in [-0.2, -0.15) is 0 Å². The van der Waals surface area contributed by atoms with Gasteiger partial charge in [-0.3, -0.25) is 0 Å². The van der Waals surface area contributed by atoms with Gasteiger partial charge >= 0.3 is 5.97 Å². The van der Waals surface area contributed by atoms with E-state index < -0.39 is 5.97 Å². The van der Waals surface area contributed by atoms with E-state index in [4.69, 9.17) is 0 Å². The highest BCUT2D eigenvalue weighted by molar-refractivity contribution is 9.10. The summed E-state index contributed by atoms with van der Waals surface area (Å²) >= 11 is 3.52. The van der Waals surface area contributed by atoms with Crippen LogP contribution in [0.15, 0.2) is 29.0 Å². The smallest absolute Gasteiger partial charge is 0.358 e. The fourth-order valence-corrected chi connectivity index (χ4v) is 2.00. The van der Waals surface area contributed by atoms with E-state index in [0.717, 1.165) is 21.3 Å². The molecule has 0 amide bonds. The molecule has 0 fully saturated rings. The molecule has 0 unspecified atom stereocenters. The molecular weight excluding hydrogens is 322 g/mol. The Morgan fingerprint density at radius 3 is 2.35 bits per heavy atom. The van der Waals surface area contributed by atoms with Crippen molar-refractivity contribution in [2.45, 2.75) is 13.8 Å². The monoisotopic (exact) mass is 335 g/mol. The molecule has 0 saturated carbocycles. The predicted octanol–water partition coefficient (Wildman–Crippen LogP) is 3.39. The number of nitrogens with zero attached hydrogens (tertiary/aromatic N) is 2. The molecule has 5 nitrogen and oxygen atoms in total. The SMILES string of the molecule is COC(=O)c1cnc(Nc2cc(C)c(Br)c(C)c2)cn1. The van der Waals surface area contributed by atoms with Gasteiger partial charge in [-0.05, 0) is 37.1 Å². The lowest BCUT2D eigenvalue weighted by Gasteiger charge is -2.10. The average molecular weight is 336 g/mol. The van der Waals surface area contributed by atoms with Crippen molar-refractivity contribution in [3.8, 4) is 0 Å². The molecule has 2 rings (SSSR count). The van der Waals surface area contributed by atoms with Crippen LogP contribution in [0.3, 0.4) is 0 Å².